The first-order valence-corrected chi connectivity index (χ1v) is 20.0. The summed E-state index contributed by atoms with van der Waals surface area (Å²) < 4.78 is 2.44. The highest BCUT2D eigenvalue weighted by Gasteiger charge is 2.21. The van der Waals surface area contributed by atoms with Crippen molar-refractivity contribution < 1.29 is 0 Å². The van der Waals surface area contributed by atoms with Crippen LogP contribution in [-0.2, 0) is 0 Å². The zero-order valence-electron chi connectivity index (χ0n) is 31.9. The fourth-order valence-electron chi connectivity index (χ4n) is 8.97. The zero-order chi connectivity index (χ0) is 38.9. The van der Waals surface area contributed by atoms with Gasteiger partial charge in [-0.25, -0.2) is 15.0 Å². The van der Waals surface area contributed by atoms with Gasteiger partial charge in [-0.2, -0.15) is 0 Å². The number of hydrogen-bond acceptors (Lipinski definition) is 3. The molecule has 12 aromatic rings. The molecular weight excluding hydrogens is 717 g/mol. The molecule has 0 unspecified atom stereocenters. The number of hydrogen-bond donors (Lipinski definition) is 0. The second-order valence-corrected chi connectivity index (χ2v) is 15.2. The highest BCUT2D eigenvalue weighted by atomic mass is 15.0. The maximum Gasteiger partial charge on any atom is 0.164 e. The molecule has 0 bridgehead atoms. The van der Waals surface area contributed by atoms with Crippen molar-refractivity contribution in [1.29, 1.82) is 0 Å². The molecule has 274 valence electrons. The summed E-state index contributed by atoms with van der Waals surface area (Å²) in [5.74, 6) is 1.89. The average Bonchev–Trinajstić information content (AvgIpc) is 3.61. The van der Waals surface area contributed by atoms with Crippen molar-refractivity contribution in [2.75, 3.05) is 0 Å². The summed E-state index contributed by atoms with van der Waals surface area (Å²) in [6.07, 6.45) is 0. The molecule has 0 aliphatic rings. The van der Waals surface area contributed by atoms with Crippen LogP contribution in [0.1, 0.15) is 0 Å². The van der Waals surface area contributed by atoms with Crippen LogP contribution in [0.4, 0.5) is 0 Å². The minimum atomic E-state index is 0.621. The van der Waals surface area contributed by atoms with E-state index in [0.717, 1.165) is 55.3 Å². The summed E-state index contributed by atoms with van der Waals surface area (Å²) in [7, 11) is 0. The minimum absolute atomic E-state index is 0.621. The lowest BCUT2D eigenvalue weighted by Gasteiger charge is -2.17. The second kappa shape index (κ2) is 13.3. The Bertz CT molecular complexity index is 3520. The van der Waals surface area contributed by atoms with Crippen LogP contribution in [0, 0.1) is 0 Å². The van der Waals surface area contributed by atoms with E-state index in [-0.39, 0.29) is 0 Å². The molecule has 0 atom stereocenters. The molecule has 59 heavy (non-hydrogen) atoms. The lowest BCUT2D eigenvalue weighted by molar-refractivity contribution is 1.08. The Kier molecular flexibility index (Phi) is 7.50. The van der Waals surface area contributed by atoms with Gasteiger partial charge in [0.15, 0.2) is 17.5 Å². The lowest BCUT2D eigenvalue weighted by Crippen LogP contribution is -2.02. The highest BCUT2D eigenvalue weighted by Crippen LogP contribution is 2.42. The minimum Gasteiger partial charge on any atom is -0.309 e. The third kappa shape index (κ3) is 5.49. The molecule has 4 nitrogen and oxygen atoms in total. The fraction of sp³-hybridized carbons (Fsp3) is 0. The van der Waals surface area contributed by atoms with E-state index in [2.05, 4.69) is 193 Å². The standard InChI is InChI=1S/C55H34N4/c1-2-16-37(17-3-1)53-56-54(46-27-13-23-36-15-9-11-25-44(36)46)58-55(57-53)47-29-28-42(34-48(47)45-26-12-22-35-14-8-10-24-43(35)45)59-51-32-40-20-6-4-18-38(40)30-49(51)50-31-39-19-5-7-21-41(39)33-52(50)59/h1-34H. The van der Waals surface area contributed by atoms with Crippen molar-refractivity contribution in [2.24, 2.45) is 0 Å². The van der Waals surface area contributed by atoms with Gasteiger partial charge in [0.25, 0.3) is 0 Å². The Morgan fingerprint density at radius 1 is 0.271 bits per heavy atom. The highest BCUT2D eigenvalue weighted by molar-refractivity contribution is 6.17. The quantitative estimate of drug-likeness (QED) is 0.176. The molecule has 0 aliphatic heterocycles. The Morgan fingerprint density at radius 3 is 1.34 bits per heavy atom. The largest absolute Gasteiger partial charge is 0.309 e. The molecule has 2 aromatic heterocycles. The molecule has 2 heterocycles. The van der Waals surface area contributed by atoms with Gasteiger partial charge in [0.2, 0.25) is 0 Å². The van der Waals surface area contributed by atoms with Crippen LogP contribution in [0.5, 0.6) is 0 Å². The van der Waals surface area contributed by atoms with Crippen molar-refractivity contribution in [2.45, 2.75) is 0 Å². The van der Waals surface area contributed by atoms with E-state index in [0.29, 0.717) is 17.5 Å². The lowest BCUT2D eigenvalue weighted by atomic mass is 9.93. The van der Waals surface area contributed by atoms with Gasteiger partial charge >= 0.3 is 0 Å². The SMILES string of the molecule is c1ccc(-c2nc(-c3ccc(-n4c5cc6ccccc6cc5c5cc6ccccc6cc54)cc3-c3cccc4ccccc34)nc(-c3cccc4ccccc34)n2)cc1. The van der Waals surface area contributed by atoms with Gasteiger partial charge in [-0.1, -0.05) is 164 Å². The molecule has 0 radical (unpaired) electrons. The van der Waals surface area contributed by atoms with Crippen molar-refractivity contribution in [3.05, 3.63) is 206 Å². The fourth-order valence-corrected chi connectivity index (χ4v) is 8.97. The number of benzene rings is 10. The Balaban J connectivity index is 1.17. The number of nitrogens with zero attached hydrogens (tertiary/aromatic N) is 4. The summed E-state index contributed by atoms with van der Waals surface area (Å²) in [6.45, 7) is 0. The third-order valence-corrected chi connectivity index (χ3v) is 11.8. The molecule has 0 amide bonds. The molecule has 0 N–H and O–H groups in total. The van der Waals surface area contributed by atoms with E-state index in [1.165, 1.54) is 43.1 Å². The number of fused-ring (bicyclic) bond motifs is 7. The predicted octanol–water partition coefficient (Wildman–Crippen LogP) is 14.2. The summed E-state index contributed by atoms with van der Waals surface area (Å²) >= 11 is 0. The van der Waals surface area contributed by atoms with Crippen LogP contribution in [-0.4, -0.2) is 19.5 Å². The van der Waals surface area contributed by atoms with Crippen molar-refractivity contribution in [3.8, 4) is 51.0 Å². The molecule has 0 spiro atoms. The molecule has 0 fully saturated rings. The van der Waals surface area contributed by atoms with Gasteiger partial charge in [0.05, 0.1) is 11.0 Å². The third-order valence-electron chi connectivity index (χ3n) is 11.8. The van der Waals surface area contributed by atoms with E-state index in [1.807, 2.05) is 18.2 Å². The predicted molar refractivity (Wildman–Crippen MR) is 246 cm³/mol. The Labute approximate surface area is 340 Å². The zero-order valence-corrected chi connectivity index (χ0v) is 31.9. The first-order chi connectivity index (χ1) is 29.2. The van der Waals surface area contributed by atoms with Gasteiger partial charge in [-0.15, -0.1) is 0 Å². The maximum absolute atomic E-state index is 5.35. The molecule has 0 saturated heterocycles. The normalized spacial score (nSPS) is 11.7. The van der Waals surface area contributed by atoms with E-state index in [9.17, 15) is 0 Å². The molecule has 4 heteroatoms. The summed E-state index contributed by atoms with van der Waals surface area (Å²) in [4.78, 5) is 15.8. The molecule has 0 aliphatic carbocycles. The van der Waals surface area contributed by atoms with Gasteiger partial charge in [-0.3, -0.25) is 0 Å². The van der Waals surface area contributed by atoms with Crippen LogP contribution in [0.3, 0.4) is 0 Å². The van der Waals surface area contributed by atoms with Crippen LogP contribution >= 0.6 is 0 Å². The number of rotatable bonds is 5. The second-order valence-electron chi connectivity index (χ2n) is 15.2. The monoisotopic (exact) mass is 750 g/mol. The number of aromatic nitrogens is 4. The van der Waals surface area contributed by atoms with Crippen LogP contribution in [0.25, 0.3) is 116 Å². The molecule has 0 saturated carbocycles. The van der Waals surface area contributed by atoms with Crippen LogP contribution in [0.15, 0.2) is 206 Å². The first-order valence-electron chi connectivity index (χ1n) is 20.0. The van der Waals surface area contributed by atoms with Crippen molar-refractivity contribution in [1.82, 2.24) is 19.5 Å². The van der Waals surface area contributed by atoms with E-state index >= 15 is 0 Å². The molecule has 12 rings (SSSR count). The average molecular weight is 751 g/mol. The first kappa shape index (κ1) is 33.2. The van der Waals surface area contributed by atoms with Crippen LogP contribution < -0.4 is 0 Å². The summed E-state index contributed by atoms with van der Waals surface area (Å²) in [5.41, 5.74) is 8.39. The van der Waals surface area contributed by atoms with Gasteiger partial charge in [0, 0.05) is 33.2 Å². The van der Waals surface area contributed by atoms with Gasteiger partial charge in [-0.05, 0) is 96.7 Å². The van der Waals surface area contributed by atoms with Gasteiger partial charge < -0.3 is 4.57 Å². The van der Waals surface area contributed by atoms with Crippen LogP contribution in [0.2, 0.25) is 0 Å². The topological polar surface area (TPSA) is 43.6 Å². The van der Waals surface area contributed by atoms with E-state index in [4.69, 9.17) is 15.0 Å². The van der Waals surface area contributed by atoms with E-state index < -0.39 is 0 Å². The van der Waals surface area contributed by atoms with Crippen molar-refractivity contribution >= 4 is 64.9 Å². The smallest absolute Gasteiger partial charge is 0.164 e. The summed E-state index contributed by atoms with van der Waals surface area (Å²) in [6, 6.07) is 73.6. The Hall–Kier alpha value is -7.95. The summed E-state index contributed by atoms with van der Waals surface area (Å²) in [5, 5.41) is 11.9. The van der Waals surface area contributed by atoms with E-state index in [1.54, 1.807) is 0 Å². The van der Waals surface area contributed by atoms with Gasteiger partial charge in [0.1, 0.15) is 0 Å². The molecule has 10 aromatic carbocycles. The van der Waals surface area contributed by atoms with Crippen molar-refractivity contribution in [3.63, 3.8) is 0 Å². The Morgan fingerprint density at radius 2 is 0.729 bits per heavy atom. The molecular formula is C55H34N4. The maximum atomic E-state index is 5.35.